The van der Waals surface area contributed by atoms with Crippen molar-refractivity contribution in [2.45, 2.75) is 11.4 Å². The number of hydrogen-bond donors (Lipinski definition) is 0. The third-order valence-electron chi connectivity index (χ3n) is 3.42. The van der Waals surface area contributed by atoms with Gasteiger partial charge in [0.1, 0.15) is 12.4 Å². The lowest BCUT2D eigenvalue weighted by molar-refractivity contribution is 0.209. The predicted molar refractivity (Wildman–Crippen MR) is 91.2 cm³/mol. The first kappa shape index (κ1) is 17.0. The Balaban J connectivity index is 1.67. The summed E-state index contributed by atoms with van der Waals surface area (Å²) in [6.07, 6.45) is 1.13. The molecule has 0 N–H and O–H groups in total. The van der Waals surface area contributed by atoms with Crippen LogP contribution >= 0.6 is 0 Å². The van der Waals surface area contributed by atoms with Gasteiger partial charge in [0.05, 0.1) is 11.4 Å². The number of aromatic nitrogens is 2. The quantitative estimate of drug-likeness (QED) is 0.667. The van der Waals surface area contributed by atoms with E-state index in [-0.39, 0.29) is 23.9 Å². The summed E-state index contributed by atoms with van der Waals surface area (Å²) >= 11 is 0. The fourth-order valence-corrected chi connectivity index (χ4v) is 2.84. The van der Waals surface area contributed by atoms with E-state index in [1.807, 2.05) is 18.2 Å². The number of nitrogens with zero attached hydrogens (tertiary/aromatic N) is 2. The average Bonchev–Trinajstić information content (AvgIpc) is 2.96. The molecular weight excluding hydrogens is 344 g/mol. The van der Waals surface area contributed by atoms with Crippen LogP contribution in [0.2, 0.25) is 0 Å². The molecule has 8 heteroatoms. The van der Waals surface area contributed by atoms with Crippen molar-refractivity contribution in [1.29, 1.82) is 0 Å². The first-order valence-corrected chi connectivity index (χ1v) is 9.39. The molecule has 0 saturated carbocycles. The second-order valence-corrected chi connectivity index (χ2v) is 7.37. The molecule has 0 atom stereocenters. The molecule has 0 amide bonds. The lowest BCUT2D eigenvalue weighted by atomic mass is 10.2. The predicted octanol–water partition coefficient (Wildman–Crippen LogP) is 1.99. The van der Waals surface area contributed by atoms with E-state index in [1.165, 1.54) is 12.1 Å². The van der Waals surface area contributed by atoms with Crippen molar-refractivity contribution in [2.75, 3.05) is 12.9 Å². The van der Waals surface area contributed by atoms with E-state index in [0.29, 0.717) is 11.3 Å². The third-order valence-corrected chi connectivity index (χ3v) is 4.53. The van der Waals surface area contributed by atoms with Crippen LogP contribution in [-0.4, -0.2) is 31.0 Å². The van der Waals surface area contributed by atoms with Gasteiger partial charge in [-0.3, -0.25) is 0 Å². The summed E-state index contributed by atoms with van der Waals surface area (Å²) in [7, 11) is -3.30. The molecule has 0 spiro atoms. The highest BCUT2D eigenvalue weighted by molar-refractivity contribution is 7.90. The van der Waals surface area contributed by atoms with Gasteiger partial charge in [-0.05, 0) is 30.3 Å². The fraction of sp³-hybridized carbons (Fsp3) is 0.176. The Morgan fingerprint density at radius 1 is 1.12 bits per heavy atom. The number of sulfone groups is 1. The van der Waals surface area contributed by atoms with Crippen molar-refractivity contribution in [3.05, 3.63) is 65.1 Å². The van der Waals surface area contributed by atoms with Gasteiger partial charge in [0, 0.05) is 11.8 Å². The number of rotatable bonds is 6. The van der Waals surface area contributed by atoms with E-state index in [9.17, 15) is 13.2 Å². The van der Waals surface area contributed by atoms with Gasteiger partial charge in [-0.25, -0.2) is 13.2 Å². The summed E-state index contributed by atoms with van der Waals surface area (Å²) in [4.78, 5) is 15.9. The zero-order chi connectivity index (χ0) is 17.9. The molecule has 0 aliphatic heterocycles. The Hall–Kier alpha value is -2.87. The molecule has 3 rings (SSSR count). The minimum atomic E-state index is -3.30. The molecule has 3 aromatic rings. The van der Waals surface area contributed by atoms with Crippen molar-refractivity contribution in [3.8, 4) is 17.2 Å². The Morgan fingerprint density at radius 3 is 2.60 bits per heavy atom. The zero-order valence-electron chi connectivity index (χ0n) is 13.5. The lowest BCUT2D eigenvalue weighted by Crippen LogP contribution is -2.19. The van der Waals surface area contributed by atoms with Gasteiger partial charge < -0.3 is 9.26 Å². The summed E-state index contributed by atoms with van der Waals surface area (Å²) in [6.45, 7) is 0.290. The summed E-state index contributed by atoms with van der Waals surface area (Å²) < 4.78 is 35.1. The normalized spacial score (nSPS) is 11.4. The van der Waals surface area contributed by atoms with E-state index in [1.54, 1.807) is 24.3 Å². The van der Waals surface area contributed by atoms with E-state index in [0.717, 1.165) is 11.0 Å². The molecule has 7 nitrogen and oxygen atoms in total. The van der Waals surface area contributed by atoms with Crippen LogP contribution in [0, 0.1) is 0 Å². The van der Waals surface area contributed by atoms with Crippen LogP contribution in [0.1, 0.15) is 0 Å². The van der Waals surface area contributed by atoms with Crippen LogP contribution in [0.3, 0.4) is 0 Å². The molecule has 25 heavy (non-hydrogen) atoms. The molecule has 0 aliphatic rings. The monoisotopic (exact) mass is 360 g/mol. The second kappa shape index (κ2) is 6.94. The molecule has 0 bridgehead atoms. The molecule has 0 fully saturated rings. The van der Waals surface area contributed by atoms with Crippen LogP contribution in [0.15, 0.2) is 68.8 Å². The molecule has 0 radical (unpaired) electrons. The Morgan fingerprint density at radius 2 is 1.88 bits per heavy atom. The molecule has 2 aromatic carbocycles. The average molecular weight is 360 g/mol. The standard InChI is InChI=1S/C17H16N2O5S/c1-25(21,22)15-9-5-8-14(12-15)23-11-10-19-17(20)18-16(24-19)13-6-3-2-4-7-13/h2-9,12H,10-11H2,1H3. The van der Waals surface area contributed by atoms with Crippen LogP contribution in [-0.2, 0) is 16.4 Å². The highest BCUT2D eigenvalue weighted by Gasteiger charge is 2.11. The van der Waals surface area contributed by atoms with Gasteiger partial charge in [-0.2, -0.15) is 4.98 Å². The Bertz CT molecular complexity index is 1020. The molecule has 0 saturated heterocycles. The minimum absolute atomic E-state index is 0.135. The number of hydrogen-bond acceptors (Lipinski definition) is 6. The van der Waals surface area contributed by atoms with Gasteiger partial charge in [0.15, 0.2) is 9.84 Å². The molecule has 0 unspecified atom stereocenters. The van der Waals surface area contributed by atoms with Crippen molar-refractivity contribution >= 4 is 9.84 Å². The van der Waals surface area contributed by atoms with Gasteiger partial charge in [-0.1, -0.05) is 24.3 Å². The number of benzene rings is 2. The van der Waals surface area contributed by atoms with E-state index < -0.39 is 15.5 Å². The van der Waals surface area contributed by atoms with E-state index in [2.05, 4.69) is 4.98 Å². The third kappa shape index (κ3) is 4.16. The van der Waals surface area contributed by atoms with Crippen LogP contribution < -0.4 is 10.4 Å². The van der Waals surface area contributed by atoms with E-state index in [4.69, 9.17) is 9.26 Å². The first-order chi connectivity index (χ1) is 11.9. The smallest absolute Gasteiger partial charge is 0.380 e. The van der Waals surface area contributed by atoms with Gasteiger partial charge in [0.2, 0.25) is 0 Å². The highest BCUT2D eigenvalue weighted by Crippen LogP contribution is 2.17. The maximum Gasteiger partial charge on any atom is 0.380 e. The van der Waals surface area contributed by atoms with Crippen molar-refractivity contribution in [3.63, 3.8) is 0 Å². The van der Waals surface area contributed by atoms with E-state index >= 15 is 0 Å². The number of ether oxygens (including phenoxy) is 1. The van der Waals surface area contributed by atoms with Gasteiger partial charge >= 0.3 is 5.69 Å². The van der Waals surface area contributed by atoms with Crippen LogP contribution in [0.5, 0.6) is 5.75 Å². The first-order valence-electron chi connectivity index (χ1n) is 7.50. The summed E-state index contributed by atoms with van der Waals surface area (Å²) in [5.41, 5.74) is 0.201. The topological polar surface area (TPSA) is 91.4 Å². The van der Waals surface area contributed by atoms with Crippen molar-refractivity contribution in [2.24, 2.45) is 0 Å². The summed E-state index contributed by atoms with van der Waals surface area (Å²) in [5, 5.41) is 0. The van der Waals surface area contributed by atoms with Crippen molar-refractivity contribution in [1.82, 2.24) is 9.72 Å². The summed E-state index contributed by atoms with van der Waals surface area (Å²) in [5.74, 6) is 0.642. The second-order valence-electron chi connectivity index (χ2n) is 5.35. The fourth-order valence-electron chi connectivity index (χ4n) is 2.19. The van der Waals surface area contributed by atoms with Crippen LogP contribution in [0.25, 0.3) is 11.5 Å². The zero-order valence-corrected chi connectivity index (χ0v) is 14.3. The summed E-state index contributed by atoms with van der Waals surface area (Å²) in [6, 6.07) is 15.3. The lowest BCUT2D eigenvalue weighted by Gasteiger charge is -2.07. The molecule has 0 aliphatic carbocycles. The molecule has 1 heterocycles. The van der Waals surface area contributed by atoms with Crippen LogP contribution in [0.4, 0.5) is 0 Å². The SMILES string of the molecule is CS(=O)(=O)c1cccc(OCCn2oc(-c3ccccc3)nc2=O)c1. The molecular formula is C17H16N2O5S. The largest absolute Gasteiger partial charge is 0.492 e. The maximum atomic E-state index is 11.9. The van der Waals surface area contributed by atoms with Gasteiger partial charge in [-0.15, -0.1) is 4.74 Å². The van der Waals surface area contributed by atoms with Crippen molar-refractivity contribution < 1.29 is 17.7 Å². The Labute approximate surface area is 144 Å². The highest BCUT2D eigenvalue weighted by atomic mass is 32.2. The van der Waals surface area contributed by atoms with Gasteiger partial charge in [0.25, 0.3) is 5.89 Å². The molecule has 130 valence electrons. The maximum absolute atomic E-state index is 11.9. The Kier molecular flexibility index (Phi) is 4.71. The minimum Gasteiger partial charge on any atom is -0.492 e. The molecule has 1 aromatic heterocycles.